The van der Waals surface area contributed by atoms with E-state index in [2.05, 4.69) is 25.2 Å². The van der Waals surface area contributed by atoms with E-state index in [1.54, 1.807) is 0 Å². The largest absolute Gasteiger partial charge is 0.377 e. The summed E-state index contributed by atoms with van der Waals surface area (Å²) >= 11 is 6.08. The van der Waals surface area contributed by atoms with Gasteiger partial charge in [-0.05, 0) is 29.3 Å². The monoisotopic (exact) mass is 258 g/mol. The topological polar surface area (TPSA) is 12.0 Å². The molecule has 0 fully saturated rings. The van der Waals surface area contributed by atoms with Gasteiger partial charge in [0.05, 0.1) is 7.39 Å². The Morgan fingerprint density at radius 1 is 1.17 bits per heavy atom. The molecule has 92 valence electrons. The van der Waals surface area contributed by atoms with E-state index in [1.165, 1.54) is 5.56 Å². The van der Waals surface area contributed by atoms with Gasteiger partial charge in [0, 0.05) is 16.1 Å². The van der Waals surface area contributed by atoms with Crippen LogP contribution >= 0.6 is 11.6 Å². The first-order chi connectivity index (χ1) is 8.95. The molecule has 0 radical (unpaired) electrons. The zero-order valence-electron chi connectivity index (χ0n) is 11.5. The van der Waals surface area contributed by atoms with Gasteiger partial charge in [-0.1, -0.05) is 55.8 Å². The van der Waals surface area contributed by atoms with Crippen LogP contribution in [0.1, 0.15) is 32.4 Å². The number of nitrogens with one attached hydrogen (secondary N) is 1. The Morgan fingerprint density at radius 3 is 2.67 bits per heavy atom. The smallest absolute Gasteiger partial charge is 0.0606 e. The van der Waals surface area contributed by atoms with Gasteiger partial charge >= 0.3 is 0 Å². The highest BCUT2D eigenvalue weighted by Gasteiger charge is 2.39. The van der Waals surface area contributed by atoms with Gasteiger partial charge in [0.25, 0.3) is 0 Å². The lowest BCUT2D eigenvalue weighted by Gasteiger charge is -2.28. The van der Waals surface area contributed by atoms with Crippen molar-refractivity contribution in [3.8, 4) is 0 Å². The summed E-state index contributed by atoms with van der Waals surface area (Å²) in [6.07, 6.45) is 0. The molecule has 1 aliphatic rings. The Labute approximate surface area is 114 Å². The molecule has 1 nitrogen and oxygen atoms in total. The van der Waals surface area contributed by atoms with Crippen molar-refractivity contribution in [2.75, 3.05) is 5.32 Å². The van der Waals surface area contributed by atoms with Gasteiger partial charge < -0.3 is 5.32 Å². The number of rotatable bonds is 1. The summed E-state index contributed by atoms with van der Waals surface area (Å²) < 4.78 is 8.94. The molecule has 0 aliphatic carbocycles. The average molecular weight is 259 g/mol. The molecule has 0 aromatic heterocycles. The molecule has 0 amide bonds. The highest BCUT2D eigenvalue weighted by atomic mass is 35.5. The van der Waals surface area contributed by atoms with Crippen LogP contribution in [0.5, 0.6) is 0 Å². The minimum absolute atomic E-state index is 0.325. The first kappa shape index (κ1) is 10.5. The van der Waals surface area contributed by atoms with Crippen molar-refractivity contribution in [3.05, 3.63) is 64.7 Å². The molecule has 2 aromatic carbocycles. The van der Waals surface area contributed by atoms with E-state index in [1.807, 2.05) is 42.5 Å². The highest BCUT2D eigenvalue weighted by Crippen LogP contribution is 2.48. The Balaban J connectivity index is 2.17. The summed E-state index contributed by atoms with van der Waals surface area (Å²) in [5.41, 5.74) is 2.77. The molecule has 1 N–H and O–H groups in total. The zero-order chi connectivity index (χ0) is 13.7. The fourth-order valence-electron chi connectivity index (χ4n) is 2.64. The maximum Gasteiger partial charge on any atom is 0.0606 e. The Hall–Kier alpha value is -1.47. The van der Waals surface area contributed by atoms with E-state index < -0.39 is 6.02 Å². The van der Waals surface area contributed by atoms with Crippen LogP contribution in [0.25, 0.3) is 0 Å². The molecule has 18 heavy (non-hydrogen) atoms. The molecule has 2 heteroatoms. The van der Waals surface area contributed by atoms with Crippen molar-refractivity contribution in [1.29, 1.82) is 0 Å². The fourth-order valence-corrected chi connectivity index (χ4v) is 2.83. The van der Waals surface area contributed by atoms with Crippen molar-refractivity contribution in [2.45, 2.75) is 25.3 Å². The van der Waals surface area contributed by atoms with Gasteiger partial charge in [0.2, 0.25) is 0 Å². The number of hydrogen-bond acceptors (Lipinski definition) is 1. The first-order valence-corrected chi connectivity index (χ1v) is 6.47. The second-order valence-electron chi connectivity index (χ2n) is 5.18. The average Bonchev–Trinajstić information content (AvgIpc) is 2.59. The molecular weight excluding hydrogens is 242 g/mol. The summed E-state index contributed by atoms with van der Waals surface area (Å²) in [4.78, 5) is 0. The first-order valence-electron chi connectivity index (χ1n) is 6.59. The second kappa shape index (κ2) is 4.03. The van der Waals surface area contributed by atoms with Crippen LogP contribution in [0.15, 0.2) is 48.5 Å². The van der Waals surface area contributed by atoms with E-state index in [4.69, 9.17) is 13.0 Å². The predicted molar refractivity (Wildman–Crippen MR) is 77.3 cm³/mol. The minimum atomic E-state index is -0.901. The molecule has 0 unspecified atom stereocenters. The molecule has 1 heterocycles. The molecule has 1 aliphatic heterocycles. The zero-order valence-corrected chi connectivity index (χ0v) is 11.3. The van der Waals surface area contributed by atoms with Gasteiger partial charge in [-0.3, -0.25) is 0 Å². The van der Waals surface area contributed by atoms with Crippen LogP contribution in [-0.2, 0) is 5.41 Å². The predicted octanol–water partition coefficient (Wildman–Crippen LogP) is 4.78. The van der Waals surface area contributed by atoms with E-state index in [0.29, 0.717) is 5.02 Å². The van der Waals surface area contributed by atoms with Gasteiger partial charge in [-0.2, -0.15) is 0 Å². The normalized spacial score (nSPS) is 25.2. The molecule has 0 saturated carbocycles. The molecule has 1 atom stereocenters. The lowest BCUT2D eigenvalue weighted by atomic mass is 9.78. The fraction of sp³-hybridized carbons (Fsp3) is 0.250. The minimum Gasteiger partial charge on any atom is -0.377 e. The van der Waals surface area contributed by atoms with E-state index in [9.17, 15) is 0 Å². The lowest BCUT2D eigenvalue weighted by Crippen LogP contribution is -2.25. The Morgan fingerprint density at radius 2 is 1.94 bits per heavy atom. The van der Waals surface area contributed by atoms with Crippen LogP contribution in [0.2, 0.25) is 5.02 Å². The van der Waals surface area contributed by atoms with Crippen molar-refractivity contribution in [1.82, 2.24) is 0 Å². The van der Waals surface area contributed by atoms with Gasteiger partial charge in [-0.15, -0.1) is 0 Å². The Bertz CT molecular complexity index is 638. The third-order valence-electron chi connectivity index (χ3n) is 3.60. The van der Waals surface area contributed by atoms with Gasteiger partial charge in [-0.25, -0.2) is 0 Å². The molecule has 3 rings (SSSR count). The number of hydrogen-bond donors (Lipinski definition) is 1. The third kappa shape index (κ3) is 1.70. The lowest BCUT2D eigenvalue weighted by molar-refractivity contribution is 0.474. The van der Waals surface area contributed by atoms with Crippen molar-refractivity contribution < 1.29 is 1.37 Å². The van der Waals surface area contributed by atoms with Gasteiger partial charge in [0.15, 0.2) is 0 Å². The SMILES string of the molecule is [2H][C@@]1(c2cccc(Cl)c2)Nc2ccccc2C1(C)C. The van der Waals surface area contributed by atoms with E-state index >= 15 is 0 Å². The van der Waals surface area contributed by atoms with Crippen molar-refractivity contribution >= 4 is 17.3 Å². The summed E-state index contributed by atoms with van der Waals surface area (Å²) in [7, 11) is 0. The number of benzene rings is 2. The van der Waals surface area contributed by atoms with Crippen LogP contribution in [-0.4, -0.2) is 0 Å². The summed E-state index contributed by atoms with van der Waals surface area (Å²) in [5, 5.41) is 4.02. The molecular formula is C16H16ClN. The van der Waals surface area contributed by atoms with Crippen molar-refractivity contribution in [2.24, 2.45) is 0 Å². The Kier molecular flexibility index (Phi) is 2.34. The van der Waals surface area contributed by atoms with Crippen LogP contribution in [0.4, 0.5) is 5.69 Å². The summed E-state index contributed by atoms with van der Waals surface area (Å²) in [6, 6.07) is 14.8. The molecule has 0 bridgehead atoms. The van der Waals surface area contributed by atoms with Crippen LogP contribution < -0.4 is 5.32 Å². The van der Waals surface area contributed by atoms with Crippen LogP contribution in [0, 0.1) is 0 Å². The maximum atomic E-state index is 8.94. The number of halogens is 1. The number of para-hydroxylation sites is 1. The molecule has 0 spiro atoms. The summed E-state index contributed by atoms with van der Waals surface area (Å²) in [5.74, 6) is 0. The second-order valence-corrected chi connectivity index (χ2v) is 5.62. The molecule has 0 saturated heterocycles. The molecule has 2 aromatic rings. The third-order valence-corrected chi connectivity index (χ3v) is 3.83. The van der Waals surface area contributed by atoms with E-state index in [0.717, 1.165) is 11.3 Å². The van der Waals surface area contributed by atoms with E-state index in [-0.39, 0.29) is 5.41 Å². The standard InChI is InChI=1S/C16H16ClN/c1-16(2)13-8-3-4-9-14(13)18-15(16)11-6-5-7-12(17)10-11/h3-10,15,18H,1-2H3/t15-/m0/s1/i15D. The number of anilines is 1. The quantitative estimate of drug-likeness (QED) is 0.776. The highest BCUT2D eigenvalue weighted by molar-refractivity contribution is 6.30. The maximum absolute atomic E-state index is 8.94. The van der Waals surface area contributed by atoms with Gasteiger partial charge in [0.1, 0.15) is 0 Å². The summed E-state index contributed by atoms with van der Waals surface area (Å²) in [6.45, 7) is 4.19. The van der Waals surface area contributed by atoms with Crippen LogP contribution in [0.3, 0.4) is 0 Å². The number of fused-ring (bicyclic) bond motifs is 1. The van der Waals surface area contributed by atoms with Crippen molar-refractivity contribution in [3.63, 3.8) is 0 Å².